The molecule has 0 bridgehead atoms. The van der Waals surface area contributed by atoms with Crippen LogP contribution in [0.4, 0.5) is 0 Å². The van der Waals surface area contributed by atoms with E-state index in [0.29, 0.717) is 6.42 Å². The SMILES string of the molecule is O=C(O)CCCCCCCCCCCC(OO)(OO)C(=O)O. The summed E-state index contributed by atoms with van der Waals surface area (Å²) in [5, 5.41) is 34.3. The molecular formula is C14H26O8. The third-order valence-corrected chi connectivity index (χ3v) is 3.52. The number of aliphatic carboxylic acids is 2. The molecule has 0 saturated heterocycles. The van der Waals surface area contributed by atoms with Gasteiger partial charge in [0.1, 0.15) is 0 Å². The van der Waals surface area contributed by atoms with Crippen molar-refractivity contribution in [1.29, 1.82) is 0 Å². The molecule has 0 amide bonds. The molecule has 0 aliphatic heterocycles. The van der Waals surface area contributed by atoms with Gasteiger partial charge >= 0.3 is 17.7 Å². The van der Waals surface area contributed by atoms with Crippen molar-refractivity contribution in [2.24, 2.45) is 0 Å². The van der Waals surface area contributed by atoms with Crippen LogP contribution in [0.15, 0.2) is 0 Å². The molecule has 0 aliphatic rings. The summed E-state index contributed by atoms with van der Waals surface area (Å²) >= 11 is 0. The molecule has 130 valence electrons. The molecule has 0 fully saturated rings. The lowest BCUT2D eigenvalue weighted by Crippen LogP contribution is -2.42. The number of unbranched alkanes of at least 4 members (excludes halogenated alkanes) is 8. The minimum atomic E-state index is -2.40. The molecule has 0 saturated carbocycles. The predicted octanol–water partition coefficient (Wildman–Crippen LogP) is 3.12. The van der Waals surface area contributed by atoms with E-state index in [2.05, 4.69) is 9.78 Å². The second-order valence-corrected chi connectivity index (χ2v) is 5.32. The molecule has 8 heteroatoms. The molecule has 0 rings (SSSR count). The fourth-order valence-electron chi connectivity index (χ4n) is 2.16. The number of hydrogen-bond acceptors (Lipinski definition) is 6. The van der Waals surface area contributed by atoms with Crippen molar-refractivity contribution in [2.75, 3.05) is 0 Å². The molecule has 0 atom stereocenters. The first-order chi connectivity index (χ1) is 10.5. The van der Waals surface area contributed by atoms with E-state index in [0.717, 1.165) is 51.4 Å². The van der Waals surface area contributed by atoms with Crippen LogP contribution in [0.25, 0.3) is 0 Å². The normalized spacial score (nSPS) is 11.5. The number of carboxylic acids is 2. The maximum absolute atomic E-state index is 10.8. The number of carbonyl (C=O) groups is 2. The molecule has 8 nitrogen and oxygen atoms in total. The van der Waals surface area contributed by atoms with Crippen molar-refractivity contribution >= 4 is 11.9 Å². The van der Waals surface area contributed by atoms with Crippen LogP contribution in [0.1, 0.15) is 70.6 Å². The van der Waals surface area contributed by atoms with Crippen LogP contribution in [0, 0.1) is 0 Å². The van der Waals surface area contributed by atoms with E-state index in [9.17, 15) is 9.59 Å². The summed E-state index contributed by atoms with van der Waals surface area (Å²) in [7, 11) is 0. The summed E-state index contributed by atoms with van der Waals surface area (Å²) in [5.74, 6) is -4.74. The smallest absolute Gasteiger partial charge is 0.370 e. The highest BCUT2D eigenvalue weighted by atomic mass is 17.2. The van der Waals surface area contributed by atoms with Gasteiger partial charge in [0.2, 0.25) is 0 Å². The van der Waals surface area contributed by atoms with Crippen molar-refractivity contribution < 1.29 is 40.1 Å². The lowest BCUT2D eigenvalue weighted by atomic mass is 10.0. The van der Waals surface area contributed by atoms with Crippen LogP contribution in [0.2, 0.25) is 0 Å². The Bertz CT molecular complexity index is 314. The number of rotatable bonds is 15. The lowest BCUT2D eigenvalue weighted by Gasteiger charge is -2.21. The minimum absolute atomic E-state index is 0.148. The standard InChI is InChI=1S/C14H26O8/c15-12(16)10-8-6-4-2-1-3-5-7-9-11-14(21-19,22-20)13(17)18/h19-20H,1-11H2,(H,15,16)(H,17,18). The van der Waals surface area contributed by atoms with E-state index in [1.165, 1.54) is 0 Å². The Hall–Kier alpha value is -1.22. The Labute approximate surface area is 129 Å². The zero-order valence-corrected chi connectivity index (χ0v) is 12.7. The van der Waals surface area contributed by atoms with Crippen molar-refractivity contribution in [3.63, 3.8) is 0 Å². The Balaban J connectivity index is 3.50. The zero-order chi connectivity index (χ0) is 16.8. The van der Waals surface area contributed by atoms with Crippen LogP contribution >= 0.6 is 0 Å². The first-order valence-electron chi connectivity index (χ1n) is 7.59. The summed E-state index contributed by atoms with van der Waals surface area (Å²) < 4.78 is 0. The van der Waals surface area contributed by atoms with Gasteiger partial charge in [0.25, 0.3) is 0 Å². The van der Waals surface area contributed by atoms with Crippen LogP contribution in [-0.2, 0) is 19.4 Å². The molecule has 4 N–H and O–H groups in total. The molecule has 0 radical (unpaired) electrons. The maximum Gasteiger partial charge on any atom is 0.370 e. The largest absolute Gasteiger partial charge is 0.481 e. The zero-order valence-electron chi connectivity index (χ0n) is 12.7. The molecule has 0 aromatic carbocycles. The molecular weight excluding hydrogens is 296 g/mol. The van der Waals surface area contributed by atoms with Gasteiger partial charge in [0.15, 0.2) is 0 Å². The fraction of sp³-hybridized carbons (Fsp3) is 0.857. The molecule has 0 unspecified atom stereocenters. The van der Waals surface area contributed by atoms with Crippen LogP contribution in [0.5, 0.6) is 0 Å². The lowest BCUT2D eigenvalue weighted by molar-refractivity contribution is -0.472. The highest BCUT2D eigenvalue weighted by molar-refractivity contribution is 5.75. The molecule has 0 heterocycles. The third-order valence-electron chi connectivity index (χ3n) is 3.52. The van der Waals surface area contributed by atoms with Gasteiger partial charge in [-0.1, -0.05) is 44.9 Å². The van der Waals surface area contributed by atoms with Gasteiger partial charge in [-0.3, -0.25) is 4.79 Å². The van der Waals surface area contributed by atoms with E-state index in [1.54, 1.807) is 0 Å². The summed E-state index contributed by atoms with van der Waals surface area (Å²) in [4.78, 5) is 28.6. The average Bonchev–Trinajstić information content (AvgIpc) is 2.48. The van der Waals surface area contributed by atoms with Gasteiger partial charge in [-0.25, -0.2) is 15.3 Å². The second-order valence-electron chi connectivity index (χ2n) is 5.32. The molecule has 0 aliphatic carbocycles. The van der Waals surface area contributed by atoms with Crippen molar-refractivity contribution in [3.8, 4) is 0 Å². The Morgan fingerprint density at radius 2 is 1.14 bits per heavy atom. The van der Waals surface area contributed by atoms with Gasteiger partial charge in [0, 0.05) is 12.8 Å². The van der Waals surface area contributed by atoms with E-state index >= 15 is 0 Å². The summed E-state index contributed by atoms with van der Waals surface area (Å²) in [6, 6.07) is 0. The fourth-order valence-corrected chi connectivity index (χ4v) is 2.16. The van der Waals surface area contributed by atoms with E-state index in [4.69, 9.17) is 20.7 Å². The Morgan fingerprint density at radius 1 is 0.727 bits per heavy atom. The van der Waals surface area contributed by atoms with Gasteiger partial charge in [0.05, 0.1) is 0 Å². The van der Waals surface area contributed by atoms with Gasteiger partial charge in [-0.15, -0.1) is 0 Å². The van der Waals surface area contributed by atoms with Crippen LogP contribution in [0.3, 0.4) is 0 Å². The van der Waals surface area contributed by atoms with Crippen LogP contribution < -0.4 is 0 Å². The Morgan fingerprint density at radius 3 is 1.50 bits per heavy atom. The van der Waals surface area contributed by atoms with Crippen molar-refractivity contribution in [1.82, 2.24) is 0 Å². The highest BCUT2D eigenvalue weighted by Gasteiger charge is 2.42. The van der Waals surface area contributed by atoms with E-state index < -0.39 is 17.7 Å². The van der Waals surface area contributed by atoms with Crippen molar-refractivity contribution in [2.45, 2.75) is 76.4 Å². The number of hydrogen-bond donors (Lipinski definition) is 4. The Kier molecular flexibility index (Phi) is 11.7. The minimum Gasteiger partial charge on any atom is -0.481 e. The van der Waals surface area contributed by atoms with E-state index in [1.807, 2.05) is 0 Å². The average molecular weight is 322 g/mol. The highest BCUT2D eigenvalue weighted by Crippen LogP contribution is 2.21. The predicted molar refractivity (Wildman–Crippen MR) is 76.2 cm³/mol. The molecule has 0 aromatic heterocycles. The molecule has 0 aromatic rings. The third kappa shape index (κ3) is 8.93. The monoisotopic (exact) mass is 322 g/mol. The first kappa shape index (κ1) is 20.8. The summed E-state index contributed by atoms with van der Waals surface area (Å²) in [5.41, 5.74) is 0. The van der Waals surface area contributed by atoms with Gasteiger partial charge < -0.3 is 10.2 Å². The quantitative estimate of drug-likeness (QED) is 0.156. The topological polar surface area (TPSA) is 134 Å². The molecule has 22 heavy (non-hydrogen) atoms. The van der Waals surface area contributed by atoms with Crippen LogP contribution in [-0.4, -0.2) is 38.5 Å². The van der Waals surface area contributed by atoms with Crippen molar-refractivity contribution in [3.05, 3.63) is 0 Å². The van der Waals surface area contributed by atoms with Gasteiger partial charge in [-0.05, 0) is 12.8 Å². The summed E-state index contributed by atoms with van der Waals surface area (Å²) in [6.45, 7) is 0. The summed E-state index contributed by atoms with van der Waals surface area (Å²) in [6.07, 6.45) is 7.92. The second kappa shape index (κ2) is 12.3. The molecule has 0 spiro atoms. The van der Waals surface area contributed by atoms with E-state index in [-0.39, 0.29) is 12.8 Å². The first-order valence-corrected chi connectivity index (χ1v) is 7.59. The van der Waals surface area contributed by atoms with Gasteiger partial charge in [-0.2, -0.15) is 9.78 Å². The maximum atomic E-state index is 10.8. The number of carboxylic acid groups (broad SMARTS) is 2.